The van der Waals surface area contributed by atoms with Crippen LogP contribution in [0.2, 0.25) is 0 Å². The predicted octanol–water partition coefficient (Wildman–Crippen LogP) is 3.03. The third-order valence-corrected chi connectivity index (χ3v) is 5.76. The van der Waals surface area contributed by atoms with E-state index < -0.39 is 0 Å². The largest absolute Gasteiger partial charge is 0.497 e. The minimum atomic E-state index is -0.129. The first kappa shape index (κ1) is 21.6. The quantitative estimate of drug-likeness (QED) is 0.378. The predicted molar refractivity (Wildman–Crippen MR) is 122 cm³/mol. The van der Waals surface area contributed by atoms with Crippen LogP contribution in [-0.4, -0.2) is 48.7 Å². The first-order valence-electron chi connectivity index (χ1n) is 10.1. The Morgan fingerprint density at radius 2 is 2.00 bits per heavy atom. The molecule has 0 aliphatic carbocycles. The normalized spacial score (nSPS) is 10.8. The van der Waals surface area contributed by atoms with Crippen molar-refractivity contribution < 1.29 is 9.53 Å². The number of benzene rings is 2. The molecule has 0 saturated carbocycles. The lowest BCUT2D eigenvalue weighted by atomic mass is 10.1. The number of carbonyl (C=O) groups is 1. The number of hydrogen-bond donors (Lipinski definition) is 2. The van der Waals surface area contributed by atoms with Gasteiger partial charge >= 0.3 is 0 Å². The first-order valence-corrected chi connectivity index (χ1v) is 11.1. The Morgan fingerprint density at radius 3 is 2.78 bits per heavy atom. The van der Waals surface area contributed by atoms with Crippen LogP contribution in [0.3, 0.4) is 0 Å². The Balaban J connectivity index is 1.32. The Bertz CT molecular complexity index is 1190. The van der Waals surface area contributed by atoms with Gasteiger partial charge in [0.25, 0.3) is 0 Å². The summed E-state index contributed by atoms with van der Waals surface area (Å²) in [6.45, 7) is 2.36. The Hall–Kier alpha value is -3.66. The number of aryl methyl sites for hydroxylation is 1. The molecule has 0 radical (unpaired) electrons. The number of rotatable bonds is 9. The summed E-state index contributed by atoms with van der Waals surface area (Å²) in [7, 11) is 1.62. The lowest BCUT2D eigenvalue weighted by molar-refractivity contribution is -0.118. The molecule has 10 heteroatoms. The zero-order valence-electron chi connectivity index (χ0n) is 17.8. The van der Waals surface area contributed by atoms with E-state index in [0.717, 1.165) is 23.4 Å². The topological polar surface area (TPSA) is 111 Å². The number of aromatic amines is 1. The van der Waals surface area contributed by atoms with E-state index in [-0.39, 0.29) is 18.2 Å². The van der Waals surface area contributed by atoms with Gasteiger partial charge in [-0.15, -0.1) is 10.2 Å². The summed E-state index contributed by atoms with van der Waals surface area (Å²) < 4.78 is 7.07. The number of ether oxygens (including phenoxy) is 1. The Kier molecular flexibility index (Phi) is 6.81. The van der Waals surface area contributed by atoms with E-state index in [1.807, 2.05) is 47.0 Å². The highest BCUT2D eigenvalue weighted by atomic mass is 32.2. The molecule has 2 N–H and O–H groups in total. The molecule has 0 unspecified atom stereocenters. The molecule has 32 heavy (non-hydrogen) atoms. The van der Waals surface area contributed by atoms with E-state index in [2.05, 4.69) is 43.7 Å². The van der Waals surface area contributed by atoms with E-state index >= 15 is 0 Å². The SMILES string of the molecule is CCc1ccccc1-n1cnnc1SCC(=O)NCc1nc(-c2ccc(OC)cc2)n[nH]1. The Morgan fingerprint density at radius 1 is 1.19 bits per heavy atom. The fourth-order valence-corrected chi connectivity index (χ4v) is 3.89. The molecule has 2 heterocycles. The number of aromatic nitrogens is 6. The van der Waals surface area contributed by atoms with Crippen molar-refractivity contribution in [2.75, 3.05) is 12.9 Å². The van der Waals surface area contributed by atoms with E-state index in [9.17, 15) is 4.79 Å². The number of para-hydroxylation sites is 1. The van der Waals surface area contributed by atoms with Crippen LogP contribution in [-0.2, 0) is 17.8 Å². The molecule has 0 bridgehead atoms. The molecule has 164 valence electrons. The van der Waals surface area contributed by atoms with Gasteiger partial charge in [0.1, 0.15) is 17.9 Å². The summed E-state index contributed by atoms with van der Waals surface area (Å²) in [5, 5.41) is 18.8. The van der Waals surface area contributed by atoms with Crippen LogP contribution in [0.4, 0.5) is 0 Å². The van der Waals surface area contributed by atoms with Gasteiger partial charge in [-0.3, -0.25) is 14.5 Å². The zero-order valence-corrected chi connectivity index (χ0v) is 18.6. The van der Waals surface area contributed by atoms with Crippen molar-refractivity contribution in [1.82, 2.24) is 35.3 Å². The van der Waals surface area contributed by atoms with Gasteiger partial charge in [-0.2, -0.15) is 5.10 Å². The highest BCUT2D eigenvalue weighted by molar-refractivity contribution is 7.99. The van der Waals surface area contributed by atoms with E-state index in [0.29, 0.717) is 16.8 Å². The van der Waals surface area contributed by atoms with Crippen LogP contribution in [0.25, 0.3) is 17.1 Å². The lowest BCUT2D eigenvalue weighted by Gasteiger charge is -2.10. The molecule has 1 amide bonds. The highest BCUT2D eigenvalue weighted by Gasteiger charge is 2.13. The monoisotopic (exact) mass is 449 g/mol. The molecule has 0 aliphatic heterocycles. The van der Waals surface area contributed by atoms with Gasteiger partial charge in [0.05, 0.1) is 25.1 Å². The molecule has 0 fully saturated rings. The molecular formula is C22H23N7O2S. The molecule has 4 rings (SSSR count). The van der Waals surface area contributed by atoms with Gasteiger partial charge in [0.2, 0.25) is 5.91 Å². The second-order valence-corrected chi connectivity index (χ2v) is 7.81. The number of thioether (sulfide) groups is 1. The van der Waals surface area contributed by atoms with Gasteiger partial charge in [0.15, 0.2) is 11.0 Å². The second kappa shape index (κ2) is 10.1. The minimum Gasteiger partial charge on any atom is -0.497 e. The van der Waals surface area contributed by atoms with Crippen LogP contribution in [0.15, 0.2) is 60.0 Å². The molecular weight excluding hydrogens is 426 g/mol. The summed E-state index contributed by atoms with van der Waals surface area (Å²) in [4.78, 5) is 16.8. The fourth-order valence-electron chi connectivity index (χ4n) is 3.14. The second-order valence-electron chi connectivity index (χ2n) is 6.87. The van der Waals surface area contributed by atoms with Crippen molar-refractivity contribution in [2.45, 2.75) is 25.0 Å². The van der Waals surface area contributed by atoms with Crippen molar-refractivity contribution in [1.29, 1.82) is 0 Å². The van der Waals surface area contributed by atoms with Crippen LogP contribution in [0.1, 0.15) is 18.3 Å². The number of hydrogen-bond acceptors (Lipinski definition) is 7. The number of amides is 1. The van der Waals surface area contributed by atoms with Crippen molar-refractivity contribution in [2.24, 2.45) is 0 Å². The Labute approximate surface area is 189 Å². The van der Waals surface area contributed by atoms with Crippen molar-refractivity contribution in [3.05, 3.63) is 66.2 Å². The van der Waals surface area contributed by atoms with Crippen LogP contribution < -0.4 is 10.1 Å². The molecule has 2 aromatic carbocycles. The van der Waals surface area contributed by atoms with Crippen LogP contribution in [0.5, 0.6) is 5.75 Å². The lowest BCUT2D eigenvalue weighted by Crippen LogP contribution is -2.25. The average Bonchev–Trinajstić information content (AvgIpc) is 3.51. The summed E-state index contributed by atoms with van der Waals surface area (Å²) in [6.07, 6.45) is 2.57. The third-order valence-electron chi connectivity index (χ3n) is 4.81. The summed E-state index contributed by atoms with van der Waals surface area (Å²) in [6, 6.07) is 15.6. The number of methoxy groups -OCH3 is 1. The maximum absolute atomic E-state index is 12.4. The van der Waals surface area contributed by atoms with E-state index in [4.69, 9.17) is 4.74 Å². The number of nitrogens with zero attached hydrogens (tertiary/aromatic N) is 5. The number of H-pyrrole nitrogens is 1. The third kappa shape index (κ3) is 4.97. The number of carbonyl (C=O) groups excluding carboxylic acids is 1. The molecule has 2 aromatic heterocycles. The number of nitrogens with one attached hydrogen (secondary N) is 2. The summed E-state index contributed by atoms with van der Waals surface area (Å²) in [5.41, 5.74) is 3.08. The molecule has 0 saturated heterocycles. The first-order chi connectivity index (χ1) is 15.7. The molecule has 4 aromatic rings. The average molecular weight is 450 g/mol. The van der Waals surface area contributed by atoms with Crippen molar-refractivity contribution >= 4 is 17.7 Å². The van der Waals surface area contributed by atoms with E-state index in [1.54, 1.807) is 13.4 Å². The molecule has 0 spiro atoms. The minimum absolute atomic E-state index is 0.129. The van der Waals surface area contributed by atoms with Crippen molar-refractivity contribution in [3.63, 3.8) is 0 Å². The maximum atomic E-state index is 12.4. The molecule has 0 aliphatic rings. The molecule has 9 nitrogen and oxygen atoms in total. The van der Waals surface area contributed by atoms with Crippen LogP contribution in [0, 0.1) is 0 Å². The van der Waals surface area contributed by atoms with E-state index in [1.165, 1.54) is 17.3 Å². The van der Waals surface area contributed by atoms with Gasteiger partial charge in [0, 0.05) is 5.56 Å². The summed E-state index contributed by atoms with van der Waals surface area (Å²) in [5.74, 6) is 1.99. The van der Waals surface area contributed by atoms with Gasteiger partial charge in [-0.1, -0.05) is 36.9 Å². The van der Waals surface area contributed by atoms with Gasteiger partial charge in [-0.05, 0) is 42.3 Å². The standard InChI is InChI=1S/C22H23N7O2S/c1-3-15-6-4-5-7-18(15)29-14-24-28-22(29)32-13-20(30)23-12-19-25-21(27-26-19)16-8-10-17(31-2)11-9-16/h4-11,14H,3,12-13H2,1-2H3,(H,23,30)(H,25,26,27). The van der Waals surface area contributed by atoms with Crippen LogP contribution >= 0.6 is 11.8 Å². The molecule has 0 atom stereocenters. The highest BCUT2D eigenvalue weighted by Crippen LogP contribution is 2.22. The van der Waals surface area contributed by atoms with Crippen molar-refractivity contribution in [3.8, 4) is 22.8 Å². The smallest absolute Gasteiger partial charge is 0.230 e. The fraction of sp³-hybridized carbons (Fsp3) is 0.227. The summed E-state index contributed by atoms with van der Waals surface area (Å²) >= 11 is 1.34. The van der Waals surface area contributed by atoms with Gasteiger partial charge in [-0.25, -0.2) is 4.98 Å². The zero-order chi connectivity index (χ0) is 22.3. The maximum Gasteiger partial charge on any atom is 0.230 e. The van der Waals surface area contributed by atoms with Gasteiger partial charge < -0.3 is 10.1 Å².